The highest BCUT2D eigenvalue weighted by Crippen LogP contribution is 2.15. The van der Waals surface area contributed by atoms with Crippen LogP contribution in [-0.2, 0) is 0 Å². The summed E-state index contributed by atoms with van der Waals surface area (Å²) in [7, 11) is 0. The first-order valence-corrected chi connectivity index (χ1v) is 4.00. The van der Waals surface area contributed by atoms with Crippen molar-refractivity contribution < 1.29 is 0 Å². The molecule has 0 atom stereocenters. The first-order chi connectivity index (χ1) is 4.00. The molecule has 1 fully saturated rings. The zero-order valence-electron chi connectivity index (χ0n) is 6.07. The molecule has 0 saturated heterocycles. The quantitative estimate of drug-likeness (QED) is 0.493. The van der Waals surface area contributed by atoms with Crippen LogP contribution in [0.15, 0.2) is 0 Å². The van der Waals surface area contributed by atoms with Crippen LogP contribution < -0.4 is 0 Å². The topological polar surface area (TPSA) is 0 Å². The van der Waals surface area contributed by atoms with Crippen LogP contribution in [-0.4, -0.2) is 0 Å². The van der Waals surface area contributed by atoms with Crippen LogP contribution in [0.1, 0.15) is 51.4 Å². The third-order valence-corrected chi connectivity index (χ3v) is 2.00. The third kappa shape index (κ3) is 4.77. The van der Waals surface area contributed by atoms with E-state index in [2.05, 4.69) is 0 Å². The van der Waals surface area contributed by atoms with E-state index < -0.39 is 0 Å². The summed E-state index contributed by atoms with van der Waals surface area (Å²) >= 11 is 0. The van der Waals surface area contributed by atoms with Crippen LogP contribution in [0.3, 0.4) is 0 Å². The van der Waals surface area contributed by atoms with Gasteiger partial charge in [-0.3, -0.25) is 0 Å². The van der Waals surface area contributed by atoms with Gasteiger partial charge in [0.2, 0.25) is 0 Å². The van der Waals surface area contributed by atoms with E-state index in [-0.39, 0.29) is 12.4 Å². The molecule has 0 radical (unpaired) electrons. The zero-order chi connectivity index (χ0) is 5.66. The maximum Gasteiger partial charge on any atom is -0.0533 e. The summed E-state index contributed by atoms with van der Waals surface area (Å²) in [5, 5.41) is 0. The highest BCUT2D eigenvalue weighted by molar-refractivity contribution is 5.85. The maximum absolute atomic E-state index is 1.50. The second-order valence-electron chi connectivity index (χ2n) is 2.83. The van der Waals surface area contributed by atoms with Gasteiger partial charge in [-0.15, -0.1) is 12.4 Å². The van der Waals surface area contributed by atoms with Crippen LogP contribution in [0.4, 0.5) is 0 Å². The number of hydrogen-bond donors (Lipinski definition) is 0. The van der Waals surface area contributed by atoms with Crippen LogP contribution in [0, 0.1) is 0 Å². The maximum atomic E-state index is 1.50. The Morgan fingerprint density at radius 2 is 0.444 bits per heavy atom. The van der Waals surface area contributed by atoms with Crippen molar-refractivity contribution in [3.8, 4) is 0 Å². The summed E-state index contributed by atoms with van der Waals surface area (Å²) in [4.78, 5) is 0. The Morgan fingerprint density at radius 1 is 0.333 bits per heavy atom. The molecule has 56 valence electrons. The summed E-state index contributed by atoms with van der Waals surface area (Å²) in [6, 6.07) is 0. The molecule has 0 aliphatic heterocycles. The van der Waals surface area contributed by atoms with Gasteiger partial charge in [-0.2, -0.15) is 0 Å². The standard InChI is InChI=1S/C8H16.ClH/c1-2-4-6-8-7-5-3-1;/h1-8H2;1H. The molecule has 0 aromatic heterocycles. The second kappa shape index (κ2) is 6.41. The minimum atomic E-state index is 0. The molecular weight excluding hydrogens is 132 g/mol. The molecule has 0 N–H and O–H groups in total. The van der Waals surface area contributed by atoms with Crippen molar-refractivity contribution in [2.45, 2.75) is 51.4 Å². The van der Waals surface area contributed by atoms with E-state index in [9.17, 15) is 0 Å². The lowest BCUT2D eigenvalue weighted by Crippen LogP contribution is -1.85. The fourth-order valence-electron chi connectivity index (χ4n) is 1.41. The van der Waals surface area contributed by atoms with Crippen molar-refractivity contribution in [3.63, 3.8) is 0 Å². The molecule has 1 aliphatic carbocycles. The molecule has 9 heavy (non-hydrogen) atoms. The fraction of sp³-hybridized carbons (Fsp3) is 1.00. The molecule has 0 heterocycles. The Balaban J connectivity index is 0.000000640. The minimum absolute atomic E-state index is 0. The predicted octanol–water partition coefficient (Wildman–Crippen LogP) is 3.54. The second-order valence-corrected chi connectivity index (χ2v) is 2.83. The summed E-state index contributed by atoms with van der Waals surface area (Å²) in [6.07, 6.45) is 12.0. The van der Waals surface area contributed by atoms with E-state index in [0.29, 0.717) is 0 Å². The summed E-state index contributed by atoms with van der Waals surface area (Å²) in [6.45, 7) is 0. The lowest BCUT2D eigenvalue weighted by atomic mass is 10.0. The van der Waals surface area contributed by atoms with Gasteiger partial charge in [-0.1, -0.05) is 51.4 Å². The molecule has 0 nitrogen and oxygen atoms in total. The first kappa shape index (κ1) is 9.29. The lowest BCUT2D eigenvalue weighted by Gasteiger charge is -2.05. The normalized spacial score (nSPS) is 21.3. The average Bonchev–Trinajstić information content (AvgIpc) is 1.62. The van der Waals surface area contributed by atoms with Crippen LogP contribution >= 0.6 is 12.4 Å². The van der Waals surface area contributed by atoms with Gasteiger partial charge in [0, 0.05) is 0 Å². The molecular formula is C8H17Cl. The summed E-state index contributed by atoms with van der Waals surface area (Å²) in [5.74, 6) is 0. The van der Waals surface area contributed by atoms with Gasteiger partial charge in [0.15, 0.2) is 0 Å². The Morgan fingerprint density at radius 3 is 0.556 bits per heavy atom. The molecule has 0 aromatic carbocycles. The highest BCUT2D eigenvalue weighted by Gasteiger charge is 1.95. The van der Waals surface area contributed by atoms with Crippen molar-refractivity contribution >= 4 is 12.4 Å². The zero-order valence-corrected chi connectivity index (χ0v) is 6.88. The molecule has 0 unspecified atom stereocenters. The third-order valence-electron chi connectivity index (χ3n) is 2.00. The molecule has 1 rings (SSSR count). The SMILES string of the molecule is C1CCCCCCC1.Cl. The van der Waals surface area contributed by atoms with Crippen LogP contribution in [0.25, 0.3) is 0 Å². The van der Waals surface area contributed by atoms with Crippen LogP contribution in [0.2, 0.25) is 0 Å². The lowest BCUT2D eigenvalue weighted by molar-refractivity contribution is 0.504. The first-order valence-electron chi connectivity index (χ1n) is 4.00. The van der Waals surface area contributed by atoms with Gasteiger partial charge < -0.3 is 0 Å². The van der Waals surface area contributed by atoms with E-state index >= 15 is 0 Å². The molecule has 1 aliphatic rings. The van der Waals surface area contributed by atoms with E-state index in [1.807, 2.05) is 0 Å². The largest absolute Gasteiger partial charge is 0.147 e. The molecule has 0 amide bonds. The molecule has 0 spiro atoms. The average molecular weight is 149 g/mol. The van der Waals surface area contributed by atoms with Gasteiger partial charge in [0.1, 0.15) is 0 Å². The Hall–Kier alpha value is 0.290. The number of halogens is 1. The molecule has 0 aromatic rings. The molecule has 1 heteroatoms. The predicted molar refractivity (Wildman–Crippen MR) is 44.2 cm³/mol. The Labute approximate surface area is 64.4 Å². The summed E-state index contributed by atoms with van der Waals surface area (Å²) < 4.78 is 0. The fourth-order valence-corrected chi connectivity index (χ4v) is 1.41. The van der Waals surface area contributed by atoms with Gasteiger partial charge in [0.25, 0.3) is 0 Å². The monoisotopic (exact) mass is 148 g/mol. The smallest absolute Gasteiger partial charge is 0.0533 e. The Kier molecular flexibility index (Phi) is 6.62. The van der Waals surface area contributed by atoms with Crippen molar-refractivity contribution in [3.05, 3.63) is 0 Å². The van der Waals surface area contributed by atoms with E-state index in [4.69, 9.17) is 0 Å². The van der Waals surface area contributed by atoms with Crippen molar-refractivity contribution in [1.29, 1.82) is 0 Å². The van der Waals surface area contributed by atoms with Crippen LogP contribution in [0.5, 0.6) is 0 Å². The Bertz CT molecular complexity index is 28.5. The van der Waals surface area contributed by atoms with Crippen molar-refractivity contribution in [2.75, 3.05) is 0 Å². The number of hydrogen-bond acceptors (Lipinski definition) is 0. The van der Waals surface area contributed by atoms with Crippen molar-refractivity contribution in [1.82, 2.24) is 0 Å². The van der Waals surface area contributed by atoms with Gasteiger partial charge in [0.05, 0.1) is 0 Å². The molecule has 1 saturated carbocycles. The van der Waals surface area contributed by atoms with Gasteiger partial charge in [-0.25, -0.2) is 0 Å². The van der Waals surface area contributed by atoms with E-state index in [0.717, 1.165) is 0 Å². The summed E-state index contributed by atoms with van der Waals surface area (Å²) in [5.41, 5.74) is 0. The number of rotatable bonds is 0. The molecule has 0 bridgehead atoms. The van der Waals surface area contributed by atoms with Gasteiger partial charge in [-0.05, 0) is 0 Å². The van der Waals surface area contributed by atoms with Gasteiger partial charge >= 0.3 is 0 Å². The highest BCUT2D eigenvalue weighted by atomic mass is 35.5. The van der Waals surface area contributed by atoms with Crippen molar-refractivity contribution in [2.24, 2.45) is 0 Å². The van der Waals surface area contributed by atoms with E-state index in [1.54, 1.807) is 0 Å². The minimum Gasteiger partial charge on any atom is -0.147 e. The van der Waals surface area contributed by atoms with E-state index in [1.165, 1.54) is 51.4 Å².